The maximum absolute atomic E-state index is 13.2. The lowest BCUT2D eigenvalue weighted by Crippen LogP contribution is -2.48. The summed E-state index contributed by atoms with van der Waals surface area (Å²) in [5.74, 6) is 0.488. The molecule has 158 valence electrons. The molecule has 3 aliphatic rings. The highest BCUT2D eigenvalue weighted by atomic mass is 16.2. The number of nitrogens with zero attached hydrogens (tertiary/aromatic N) is 5. The summed E-state index contributed by atoms with van der Waals surface area (Å²) < 4.78 is 0. The van der Waals surface area contributed by atoms with E-state index in [9.17, 15) is 9.59 Å². The quantitative estimate of drug-likeness (QED) is 0.750. The summed E-state index contributed by atoms with van der Waals surface area (Å²) in [5.41, 5.74) is 1.14. The van der Waals surface area contributed by atoms with Gasteiger partial charge < -0.3 is 14.7 Å². The van der Waals surface area contributed by atoms with Crippen molar-refractivity contribution in [2.45, 2.75) is 44.7 Å². The Labute approximate surface area is 173 Å². The summed E-state index contributed by atoms with van der Waals surface area (Å²) >= 11 is 0. The van der Waals surface area contributed by atoms with Crippen LogP contribution in [0.15, 0.2) is 24.5 Å². The van der Waals surface area contributed by atoms with Gasteiger partial charge in [0.15, 0.2) is 0 Å². The molecule has 0 spiro atoms. The number of hydrogen-bond acceptors (Lipinski definition) is 5. The van der Waals surface area contributed by atoms with Gasteiger partial charge in [-0.15, -0.1) is 0 Å². The first kappa shape index (κ1) is 20.1. The lowest BCUT2D eigenvalue weighted by atomic mass is 10.1. The smallest absolute Gasteiger partial charge is 0.237 e. The van der Waals surface area contributed by atoms with Crippen molar-refractivity contribution in [3.8, 4) is 0 Å². The zero-order valence-electron chi connectivity index (χ0n) is 17.7. The van der Waals surface area contributed by atoms with Gasteiger partial charge in [-0.25, -0.2) is 0 Å². The summed E-state index contributed by atoms with van der Waals surface area (Å²) in [4.78, 5) is 38.5. The SMILES string of the molecule is CC1CN(C(=O)C2CCN(c3ccncc3)C2)CCCN1C(=O)CN(C)C1CC1. The van der Waals surface area contributed by atoms with Crippen LogP contribution in [0, 0.1) is 5.92 Å². The normalized spacial score (nSPS) is 25.4. The van der Waals surface area contributed by atoms with Crippen LogP contribution in [0.5, 0.6) is 0 Å². The van der Waals surface area contributed by atoms with E-state index in [1.807, 2.05) is 29.0 Å². The number of anilines is 1. The van der Waals surface area contributed by atoms with E-state index < -0.39 is 0 Å². The van der Waals surface area contributed by atoms with Crippen LogP contribution in [0.3, 0.4) is 0 Å². The molecule has 2 unspecified atom stereocenters. The molecule has 1 aromatic rings. The molecule has 7 heteroatoms. The maximum Gasteiger partial charge on any atom is 0.237 e. The zero-order valence-corrected chi connectivity index (χ0v) is 17.7. The molecule has 0 aromatic carbocycles. The Bertz CT molecular complexity index is 723. The second-order valence-corrected chi connectivity index (χ2v) is 8.86. The fourth-order valence-corrected chi connectivity index (χ4v) is 4.69. The van der Waals surface area contributed by atoms with Gasteiger partial charge in [-0.05, 0) is 51.8 Å². The third-order valence-electron chi connectivity index (χ3n) is 6.60. The van der Waals surface area contributed by atoms with Gasteiger partial charge in [-0.1, -0.05) is 0 Å². The monoisotopic (exact) mass is 399 g/mol. The standard InChI is InChI=1S/C22H33N5O2/c1-17-14-26(11-3-12-27(17)21(28)16-24(2)19-4-5-19)22(29)18-8-13-25(15-18)20-6-9-23-10-7-20/h6-7,9-10,17-19H,3-5,8,11-16H2,1-2H3. The van der Waals surface area contributed by atoms with E-state index in [1.54, 1.807) is 12.4 Å². The number of aromatic nitrogens is 1. The van der Waals surface area contributed by atoms with Crippen LogP contribution in [0.25, 0.3) is 0 Å². The Morgan fingerprint density at radius 3 is 2.59 bits per heavy atom. The van der Waals surface area contributed by atoms with E-state index in [-0.39, 0.29) is 23.8 Å². The predicted molar refractivity (Wildman–Crippen MR) is 113 cm³/mol. The molecule has 0 N–H and O–H groups in total. The van der Waals surface area contributed by atoms with Crippen molar-refractivity contribution in [1.82, 2.24) is 19.7 Å². The molecule has 4 rings (SSSR count). The Kier molecular flexibility index (Phi) is 6.04. The van der Waals surface area contributed by atoms with Crippen LogP contribution >= 0.6 is 0 Å². The third-order valence-corrected chi connectivity index (χ3v) is 6.60. The minimum absolute atomic E-state index is 0.0404. The molecule has 3 heterocycles. The van der Waals surface area contributed by atoms with E-state index in [0.29, 0.717) is 19.1 Å². The lowest BCUT2D eigenvalue weighted by molar-refractivity contribution is -0.137. The van der Waals surface area contributed by atoms with Crippen LogP contribution in [0.1, 0.15) is 32.6 Å². The summed E-state index contributed by atoms with van der Waals surface area (Å²) in [5, 5.41) is 0. The number of amides is 2. The molecule has 0 radical (unpaired) electrons. The van der Waals surface area contributed by atoms with Crippen LogP contribution in [-0.2, 0) is 9.59 Å². The van der Waals surface area contributed by atoms with Gasteiger partial charge in [-0.3, -0.25) is 19.5 Å². The zero-order chi connectivity index (χ0) is 20.4. The van der Waals surface area contributed by atoms with Gasteiger partial charge in [0.05, 0.1) is 12.5 Å². The van der Waals surface area contributed by atoms with Crippen LogP contribution in [0.2, 0.25) is 0 Å². The number of pyridine rings is 1. The fraction of sp³-hybridized carbons (Fsp3) is 0.682. The second kappa shape index (κ2) is 8.69. The minimum Gasteiger partial charge on any atom is -0.371 e. The first-order valence-corrected chi connectivity index (χ1v) is 11.0. The van der Waals surface area contributed by atoms with Crippen molar-refractivity contribution >= 4 is 17.5 Å². The molecule has 0 bridgehead atoms. The number of rotatable bonds is 5. The Balaban J connectivity index is 1.32. The van der Waals surface area contributed by atoms with Crippen molar-refractivity contribution < 1.29 is 9.59 Å². The summed E-state index contributed by atoms with van der Waals surface area (Å²) in [6.07, 6.45) is 7.76. The van der Waals surface area contributed by atoms with Gasteiger partial charge in [0, 0.05) is 62.9 Å². The highest BCUT2D eigenvalue weighted by Crippen LogP contribution is 2.27. The Morgan fingerprint density at radius 1 is 1.10 bits per heavy atom. The lowest BCUT2D eigenvalue weighted by Gasteiger charge is -2.31. The number of likely N-dealkylation sites (N-methyl/N-ethyl adjacent to an activating group) is 1. The van der Waals surface area contributed by atoms with Crippen LogP contribution in [0.4, 0.5) is 5.69 Å². The van der Waals surface area contributed by atoms with Gasteiger partial charge in [0.1, 0.15) is 0 Å². The fourth-order valence-electron chi connectivity index (χ4n) is 4.69. The van der Waals surface area contributed by atoms with Gasteiger partial charge in [-0.2, -0.15) is 0 Å². The number of carbonyl (C=O) groups is 2. The summed E-state index contributed by atoms with van der Waals surface area (Å²) in [7, 11) is 2.04. The summed E-state index contributed by atoms with van der Waals surface area (Å²) in [6, 6.07) is 4.66. The van der Waals surface area contributed by atoms with Crippen molar-refractivity contribution in [1.29, 1.82) is 0 Å². The molecule has 2 atom stereocenters. The van der Waals surface area contributed by atoms with E-state index >= 15 is 0 Å². The molecule has 1 aliphatic carbocycles. The Hall–Kier alpha value is -2.15. The average Bonchev–Trinajstić information content (AvgIpc) is 3.50. The first-order chi connectivity index (χ1) is 14.0. The molecule has 2 aliphatic heterocycles. The largest absolute Gasteiger partial charge is 0.371 e. The van der Waals surface area contributed by atoms with Crippen molar-refractivity contribution in [3.63, 3.8) is 0 Å². The van der Waals surface area contributed by atoms with Crippen LogP contribution in [-0.4, -0.2) is 89.9 Å². The number of carbonyl (C=O) groups excluding carboxylic acids is 2. The van der Waals surface area contributed by atoms with E-state index in [1.165, 1.54) is 12.8 Å². The molecule has 1 saturated carbocycles. The van der Waals surface area contributed by atoms with Gasteiger partial charge in [0.25, 0.3) is 0 Å². The van der Waals surface area contributed by atoms with Crippen LogP contribution < -0.4 is 4.90 Å². The van der Waals surface area contributed by atoms with Crippen molar-refractivity contribution in [2.24, 2.45) is 5.92 Å². The minimum atomic E-state index is 0.0404. The first-order valence-electron chi connectivity index (χ1n) is 11.0. The molecule has 29 heavy (non-hydrogen) atoms. The molecule has 7 nitrogen and oxygen atoms in total. The molecule has 3 fully saturated rings. The Morgan fingerprint density at radius 2 is 1.86 bits per heavy atom. The van der Waals surface area contributed by atoms with E-state index in [0.717, 1.165) is 44.7 Å². The van der Waals surface area contributed by atoms with Crippen molar-refractivity contribution in [2.75, 3.05) is 51.2 Å². The predicted octanol–water partition coefficient (Wildman–Crippen LogP) is 1.45. The summed E-state index contributed by atoms with van der Waals surface area (Å²) in [6.45, 7) is 6.38. The molecule has 1 aromatic heterocycles. The average molecular weight is 400 g/mol. The van der Waals surface area contributed by atoms with Gasteiger partial charge in [0.2, 0.25) is 11.8 Å². The topological polar surface area (TPSA) is 60.0 Å². The molecular formula is C22H33N5O2. The molecular weight excluding hydrogens is 366 g/mol. The highest BCUT2D eigenvalue weighted by molar-refractivity contribution is 5.81. The number of hydrogen-bond donors (Lipinski definition) is 0. The van der Waals surface area contributed by atoms with E-state index in [4.69, 9.17) is 0 Å². The van der Waals surface area contributed by atoms with Crippen molar-refractivity contribution in [3.05, 3.63) is 24.5 Å². The molecule has 2 amide bonds. The van der Waals surface area contributed by atoms with Gasteiger partial charge >= 0.3 is 0 Å². The maximum atomic E-state index is 13.2. The second-order valence-electron chi connectivity index (χ2n) is 8.86. The highest BCUT2D eigenvalue weighted by Gasteiger charge is 2.35. The van der Waals surface area contributed by atoms with E-state index in [2.05, 4.69) is 21.7 Å². The third kappa shape index (κ3) is 4.71. The molecule has 2 saturated heterocycles.